The summed E-state index contributed by atoms with van der Waals surface area (Å²) in [7, 11) is 0. The van der Waals surface area contributed by atoms with E-state index in [-0.39, 0.29) is 0 Å². The highest BCUT2D eigenvalue weighted by molar-refractivity contribution is 8.01. The van der Waals surface area contributed by atoms with Gasteiger partial charge in [0.15, 0.2) is 10.2 Å². The van der Waals surface area contributed by atoms with Crippen LogP contribution in [-0.4, -0.2) is 31.7 Å². The van der Waals surface area contributed by atoms with Gasteiger partial charge in [-0.2, -0.15) is 0 Å². The quantitative estimate of drug-likeness (QED) is 0.396. The van der Waals surface area contributed by atoms with Crippen LogP contribution in [0.1, 0.15) is 0 Å². The molecule has 4 aromatic rings. The maximum atomic E-state index is 4.75. The van der Waals surface area contributed by atoms with Gasteiger partial charge in [-0.05, 0) is 30.0 Å². The Morgan fingerprint density at radius 1 is 1.12 bits per heavy atom. The van der Waals surface area contributed by atoms with Crippen LogP contribution in [0.5, 0.6) is 0 Å². The van der Waals surface area contributed by atoms with E-state index in [0.717, 1.165) is 31.0 Å². The minimum atomic E-state index is 0.647. The minimum Gasteiger partial charge on any atom is -0.357 e. The van der Waals surface area contributed by atoms with Crippen LogP contribution < -0.4 is 5.32 Å². The number of para-hydroxylation sites is 1. The molecule has 0 saturated carbocycles. The predicted octanol–water partition coefficient (Wildman–Crippen LogP) is 4.29. The number of nitrogens with one attached hydrogen (secondary N) is 1. The van der Waals surface area contributed by atoms with Gasteiger partial charge in [-0.1, -0.05) is 35.6 Å². The minimum absolute atomic E-state index is 0.647. The molecule has 128 valence electrons. The zero-order valence-electron chi connectivity index (χ0n) is 13.7. The van der Waals surface area contributed by atoms with E-state index in [1.165, 1.54) is 23.1 Å². The Balaban J connectivity index is 1.73. The number of pyridine rings is 1. The molecule has 1 aromatic carbocycles. The van der Waals surface area contributed by atoms with Crippen molar-refractivity contribution in [3.63, 3.8) is 0 Å². The third-order valence-electron chi connectivity index (χ3n) is 3.48. The summed E-state index contributed by atoms with van der Waals surface area (Å²) in [5.41, 5.74) is 1.77. The van der Waals surface area contributed by atoms with Crippen molar-refractivity contribution in [2.45, 2.75) is 9.37 Å². The molecule has 1 N–H and O–H groups in total. The van der Waals surface area contributed by atoms with Crippen molar-refractivity contribution in [3.05, 3.63) is 61.4 Å². The molecule has 0 aliphatic carbocycles. The van der Waals surface area contributed by atoms with Crippen LogP contribution in [0.3, 0.4) is 0 Å². The SMILES string of the molecule is C=CCNc1nnc(Sc2nc(-c3cccnc3)nc3ccccc23)s1. The standard InChI is InChI=1S/C18H14N6S2/c1-2-9-20-17-23-24-18(26-17)25-16-13-7-3-4-8-14(13)21-15(22-16)12-6-5-10-19-11-12/h2-8,10-11H,1,9H2,(H,20,23). The van der Waals surface area contributed by atoms with Crippen LogP contribution in [0.2, 0.25) is 0 Å². The van der Waals surface area contributed by atoms with E-state index >= 15 is 0 Å². The molecule has 3 aromatic heterocycles. The number of hydrogen-bond acceptors (Lipinski definition) is 8. The monoisotopic (exact) mass is 378 g/mol. The Labute approximate surface area is 158 Å². The second-order valence-corrected chi connectivity index (χ2v) is 7.47. The summed E-state index contributed by atoms with van der Waals surface area (Å²) in [5.74, 6) is 0.647. The Hall–Kier alpha value is -2.84. The molecule has 0 unspecified atom stereocenters. The molecule has 0 aliphatic heterocycles. The van der Waals surface area contributed by atoms with Crippen molar-refractivity contribution in [1.29, 1.82) is 0 Å². The van der Waals surface area contributed by atoms with Gasteiger partial charge in [-0.3, -0.25) is 4.98 Å². The van der Waals surface area contributed by atoms with E-state index in [0.29, 0.717) is 12.4 Å². The lowest BCUT2D eigenvalue weighted by Gasteiger charge is -2.07. The summed E-state index contributed by atoms with van der Waals surface area (Å²) in [6.45, 7) is 4.34. The molecule has 0 bridgehead atoms. The van der Waals surface area contributed by atoms with Crippen molar-refractivity contribution in [1.82, 2.24) is 25.1 Å². The molecule has 8 heteroatoms. The molecule has 0 fully saturated rings. The van der Waals surface area contributed by atoms with Crippen LogP contribution in [0, 0.1) is 0 Å². The number of fused-ring (bicyclic) bond motifs is 1. The van der Waals surface area contributed by atoms with E-state index in [9.17, 15) is 0 Å². The number of hydrogen-bond donors (Lipinski definition) is 1. The molecule has 26 heavy (non-hydrogen) atoms. The first-order valence-electron chi connectivity index (χ1n) is 7.87. The highest BCUT2D eigenvalue weighted by Crippen LogP contribution is 2.35. The highest BCUT2D eigenvalue weighted by Gasteiger charge is 2.13. The summed E-state index contributed by atoms with van der Waals surface area (Å²) in [6, 6.07) is 11.8. The fraction of sp³-hybridized carbons (Fsp3) is 0.0556. The molecule has 0 saturated heterocycles. The largest absolute Gasteiger partial charge is 0.357 e. The third-order valence-corrected chi connectivity index (χ3v) is 5.41. The molecule has 0 radical (unpaired) electrons. The first-order chi connectivity index (χ1) is 12.8. The van der Waals surface area contributed by atoms with Crippen LogP contribution in [0.25, 0.3) is 22.3 Å². The van der Waals surface area contributed by atoms with Gasteiger partial charge in [-0.15, -0.1) is 16.8 Å². The Kier molecular flexibility index (Phi) is 4.85. The van der Waals surface area contributed by atoms with Gasteiger partial charge in [0.1, 0.15) is 5.03 Å². The number of nitrogens with zero attached hydrogens (tertiary/aromatic N) is 5. The van der Waals surface area contributed by atoms with E-state index in [4.69, 9.17) is 4.98 Å². The number of aromatic nitrogens is 5. The Bertz CT molecular complexity index is 1050. The average Bonchev–Trinajstić information content (AvgIpc) is 3.14. The maximum Gasteiger partial charge on any atom is 0.206 e. The van der Waals surface area contributed by atoms with Gasteiger partial charge in [0.05, 0.1) is 5.52 Å². The van der Waals surface area contributed by atoms with Crippen molar-refractivity contribution in [2.24, 2.45) is 0 Å². The number of rotatable bonds is 6. The molecular weight excluding hydrogens is 364 g/mol. The molecule has 0 atom stereocenters. The molecule has 0 spiro atoms. The predicted molar refractivity (Wildman–Crippen MR) is 105 cm³/mol. The van der Waals surface area contributed by atoms with Crippen molar-refractivity contribution in [3.8, 4) is 11.4 Å². The summed E-state index contributed by atoms with van der Waals surface area (Å²) < 4.78 is 0.817. The van der Waals surface area contributed by atoms with Gasteiger partial charge in [0, 0.05) is 29.9 Å². The lowest BCUT2D eigenvalue weighted by Crippen LogP contribution is -1.96. The van der Waals surface area contributed by atoms with Gasteiger partial charge in [-0.25, -0.2) is 9.97 Å². The fourth-order valence-corrected chi connectivity index (χ4v) is 4.10. The lowest BCUT2D eigenvalue weighted by atomic mass is 10.2. The first kappa shape index (κ1) is 16.6. The maximum absolute atomic E-state index is 4.75. The Morgan fingerprint density at radius 3 is 2.88 bits per heavy atom. The second-order valence-electron chi connectivity index (χ2n) is 5.26. The van der Waals surface area contributed by atoms with E-state index in [1.807, 2.05) is 36.4 Å². The third kappa shape index (κ3) is 3.56. The highest BCUT2D eigenvalue weighted by atomic mass is 32.2. The van der Waals surface area contributed by atoms with Gasteiger partial charge >= 0.3 is 0 Å². The van der Waals surface area contributed by atoms with Crippen LogP contribution in [-0.2, 0) is 0 Å². The summed E-state index contributed by atoms with van der Waals surface area (Å²) in [6.07, 6.45) is 5.28. The van der Waals surface area contributed by atoms with Gasteiger partial charge < -0.3 is 5.32 Å². The van der Waals surface area contributed by atoms with E-state index in [1.54, 1.807) is 18.5 Å². The smallest absolute Gasteiger partial charge is 0.206 e. The molecular formula is C18H14N6S2. The van der Waals surface area contributed by atoms with Gasteiger partial charge in [0.25, 0.3) is 0 Å². The first-order valence-corrected chi connectivity index (χ1v) is 9.50. The van der Waals surface area contributed by atoms with Crippen LogP contribution >= 0.6 is 23.1 Å². The molecule has 0 amide bonds. The summed E-state index contributed by atoms with van der Waals surface area (Å²) in [4.78, 5) is 13.6. The average molecular weight is 378 g/mol. The number of benzene rings is 1. The Morgan fingerprint density at radius 2 is 2.04 bits per heavy atom. The van der Waals surface area contributed by atoms with Crippen LogP contribution in [0.4, 0.5) is 5.13 Å². The second kappa shape index (κ2) is 7.59. The fourth-order valence-electron chi connectivity index (χ4n) is 2.31. The van der Waals surface area contributed by atoms with Crippen molar-refractivity contribution < 1.29 is 0 Å². The normalized spacial score (nSPS) is 10.8. The molecule has 4 rings (SSSR count). The van der Waals surface area contributed by atoms with Gasteiger partial charge in [0.2, 0.25) is 5.13 Å². The van der Waals surface area contributed by atoms with E-state index < -0.39 is 0 Å². The molecule has 0 aliphatic rings. The zero-order chi connectivity index (χ0) is 17.8. The summed E-state index contributed by atoms with van der Waals surface area (Å²) in [5, 5.41) is 14.1. The topological polar surface area (TPSA) is 76.5 Å². The van der Waals surface area contributed by atoms with Crippen molar-refractivity contribution >= 4 is 39.1 Å². The van der Waals surface area contributed by atoms with Crippen LogP contribution in [0.15, 0.2) is 70.8 Å². The lowest BCUT2D eigenvalue weighted by molar-refractivity contribution is 1.00. The van der Waals surface area contributed by atoms with Crippen molar-refractivity contribution in [2.75, 3.05) is 11.9 Å². The molecule has 6 nitrogen and oxygen atoms in total. The van der Waals surface area contributed by atoms with E-state index in [2.05, 4.69) is 32.1 Å². The zero-order valence-corrected chi connectivity index (χ0v) is 15.3. The summed E-state index contributed by atoms with van der Waals surface area (Å²) >= 11 is 2.97. The number of anilines is 1. The molecule has 3 heterocycles.